The fraction of sp³-hybridized carbons (Fsp3) is 1.00. The molecule has 0 aliphatic carbocycles. The maximum absolute atomic E-state index is 8.80. The van der Waals surface area contributed by atoms with E-state index in [4.69, 9.17) is 9.84 Å². The molecule has 0 unspecified atom stereocenters. The molecule has 0 rings (SSSR count). The van der Waals surface area contributed by atoms with E-state index in [2.05, 4.69) is 18.7 Å². The van der Waals surface area contributed by atoms with Crippen LogP contribution in [-0.4, -0.2) is 49.5 Å². The number of unbranched alkanes of at least 4 members (excludes halogenated alkanes) is 6. The summed E-state index contributed by atoms with van der Waals surface area (Å²) in [5.41, 5.74) is 0. The van der Waals surface area contributed by atoms with Crippen LogP contribution in [0.1, 0.15) is 65.2 Å². The molecule has 0 fully saturated rings. The molecule has 0 bridgehead atoms. The van der Waals surface area contributed by atoms with Crippen molar-refractivity contribution in [3.63, 3.8) is 0 Å². The van der Waals surface area contributed by atoms with E-state index in [0.717, 1.165) is 39.1 Å². The van der Waals surface area contributed by atoms with Crippen LogP contribution in [0.4, 0.5) is 0 Å². The Bertz CT molecular complexity index is 165. The second-order valence-electron chi connectivity index (χ2n) is 5.24. The van der Waals surface area contributed by atoms with Crippen molar-refractivity contribution in [1.82, 2.24) is 4.90 Å². The number of aliphatic hydroxyl groups is 1. The Kier molecular flexibility index (Phi) is 15.8. The minimum absolute atomic E-state index is 0.329. The quantitative estimate of drug-likeness (QED) is 0.464. The summed E-state index contributed by atoms with van der Waals surface area (Å²) < 4.78 is 5.45. The number of ether oxygens (including phenoxy) is 1. The van der Waals surface area contributed by atoms with Crippen molar-refractivity contribution in [3.05, 3.63) is 0 Å². The van der Waals surface area contributed by atoms with Crippen LogP contribution in [0.15, 0.2) is 0 Å². The van der Waals surface area contributed by atoms with Crippen molar-refractivity contribution in [2.24, 2.45) is 0 Å². The first-order valence-corrected chi connectivity index (χ1v) is 8.26. The van der Waals surface area contributed by atoms with Crippen LogP contribution in [0.3, 0.4) is 0 Å². The first-order chi connectivity index (χ1) is 9.35. The SMILES string of the molecule is CCCCCCCN(CCCCCO)CCOCC. The molecule has 0 aliphatic heterocycles. The smallest absolute Gasteiger partial charge is 0.0593 e. The molecule has 0 saturated carbocycles. The molecule has 0 atom stereocenters. The van der Waals surface area contributed by atoms with Gasteiger partial charge in [0.25, 0.3) is 0 Å². The summed E-state index contributed by atoms with van der Waals surface area (Å²) in [4.78, 5) is 2.53. The van der Waals surface area contributed by atoms with E-state index in [-0.39, 0.29) is 0 Å². The Labute approximate surface area is 120 Å². The van der Waals surface area contributed by atoms with E-state index in [9.17, 15) is 0 Å². The van der Waals surface area contributed by atoms with E-state index < -0.39 is 0 Å². The van der Waals surface area contributed by atoms with Crippen LogP contribution in [0, 0.1) is 0 Å². The lowest BCUT2D eigenvalue weighted by atomic mass is 10.1. The Morgan fingerprint density at radius 1 is 0.789 bits per heavy atom. The summed E-state index contributed by atoms with van der Waals surface area (Å²) in [6, 6.07) is 0. The zero-order valence-electron chi connectivity index (χ0n) is 13.2. The molecule has 1 N–H and O–H groups in total. The van der Waals surface area contributed by atoms with Crippen LogP contribution in [0.25, 0.3) is 0 Å². The zero-order chi connectivity index (χ0) is 14.2. The van der Waals surface area contributed by atoms with Crippen LogP contribution in [0.5, 0.6) is 0 Å². The normalized spacial score (nSPS) is 11.4. The number of nitrogens with zero attached hydrogens (tertiary/aromatic N) is 1. The Morgan fingerprint density at radius 2 is 1.42 bits per heavy atom. The van der Waals surface area contributed by atoms with Crippen LogP contribution < -0.4 is 0 Å². The third kappa shape index (κ3) is 14.1. The van der Waals surface area contributed by atoms with Crippen LogP contribution in [-0.2, 0) is 4.74 Å². The molecule has 0 radical (unpaired) electrons. The number of hydrogen-bond donors (Lipinski definition) is 1. The zero-order valence-corrected chi connectivity index (χ0v) is 13.2. The summed E-state index contributed by atoms with van der Waals surface area (Å²) in [7, 11) is 0. The van der Waals surface area contributed by atoms with Crippen molar-refractivity contribution >= 4 is 0 Å². The van der Waals surface area contributed by atoms with Gasteiger partial charge >= 0.3 is 0 Å². The molecule has 19 heavy (non-hydrogen) atoms. The first-order valence-electron chi connectivity index (χ1n) is 8.26. The van der Waals surface area contributed by atoms with Crippen molar-refractivity contribution in [2.45, 2.75) is 65.2 Å². The van der Waals surface area contributed by atoms with Gasteiger partial charge in [-0.3, -0.25) is 0 Å². The fourth-order valence-electron chi connectivity index (χ4n) is 2.24. The average Bonchev–Trinajstić information content (AvgIpc) is 2.42. The molecule has 116 valence electrons. The van der Waals surface area contributed by atoms with Gasteiger partial charge in [-0.2, -0.15) is 0 Å². The fourth-order valence-corrected chi connectivity index (χ4v) is 2.24. The van der Waals surface area contributed by atoms with Gasteiger partial charge in [0.2, 0.25) is 0 Å². The standard InChI is InChI=1S/C16H35NO2/c1-3-5-6-7-9-12-17(14-16-19-4-2)13-10-8-11-15-18/h18H,3-16H2,1-2H3. The van der Waals surface area contributed by atoms with Gasteiger partial charge in [-0.1, -0.05) is 32.6 Å². The van der Waals surface area contributed by atoms with E-state index in [0.29, 0.717) is 6.61 Å². The maximum Gasteiger partial charge on any atom is 0.0593 e. The second kappa shape index (κ2) is 15.9. The highest BCUT2D eigenvalue weighted by Crippen LogP contribution is 2.05. The molecule has 0 aromatic carbocycles. The van der Waals surface area contributed by atoms with E-state index in [1.54, 1.807) is 0 Å². The lowest BCUT2D eigenvalue weighted by molar-refractivity contribution is 0.111. The minimum atomic E-state index is 0.329. The van der Waals surface area contributed by atoms with E-state index in [1.807, 2.05) is 0 Å². The third-order valence-electron chi connectivity index (χ3n) is 3.47. The summed E-state index contributed by atoms with van der Waals surface area (Å²) in [6.45, 7) is 9.72. The van der Waals surface area contributed by atoms with Crippen molar-refractivity contribution in [3.8, 4) is 0 Å². The predicted octanol–water partition coefficient (Wildman–Crippen LogP) is 3.46. The van der Waals surface area contributed by atoms with Gasteiger partial charge in [0.1, 0.15) is 0 Å². The van der Waals surface area contributed by atoms with Gasteiger partial charge in [-0.15, -0.1) is 0 Å². The van der Waals surface area contributed by atoms with Crippen molar-refractivity contribution in [1.29, 1.82) is 0 Å². The third-order valence-corrected chi connectivity index (χ3v) is 3.47. The summed E-state index contributed by atoms with van der Waals surface area (Å²) in [6.07, 6.45) is 10.0. The van der Waals surface area contributed by atoms with Gasteiger partial charge in [0, 0.05) is 19.8 Å². The molecule has 0 aliphatic rings. The molecule has 3 heteroatoms. The van der Waals surface area contributed by atoms with E-state index >= 15 is 0 Å². The molecule has 0 heterocycles. The molecule has 0 saturated heterocycles. The van der Waals surface area contributed by atoms with Gasteiger partial charge in [0.15, 0.2) is 0 Å². The molecule has 0 amide bonds. The molecule has 0 spiro atoms. The van der Waals surface area contributed by atoms with Gasteiger partial charge in [0.05, 0.1) is 6.61 Å². The van der Waals surface area contributed by atoms with Crippen molar-refractivity contribution < 1.29 is 9.84 Å². The highest BCUT2D eigenvalue weighted by Gasteiger charge is 2.04. The van der Waals surface area contributed by atoms with Gasteiger partial charge < -0.3 is 14.7 Å². The summed E-state index contributed by atoms with van der Waals surface area (Å²) in [5, 5.41) is 8.80. The predicted molar refractivity (Wildman–Crippen MR) is 82.6 cm³/mol. The number of aliphatic hydroxyl groups excluding tert-OH is 1. The molecule has 0 aromatic rings. The Morgan fingerprint density at radius 3 is 2.00 bits per heavy atom. The summed E-state index contributed by atoms with van der Waals surface area (Å²) in [5.74, 6) is 0. The monoisotopic (exact) mass is 273 g/mol. The van der Waals surface area contributed by atoms with Crippen molar-refractivity contribution in [2.75, 3.05) is 39.5 Å². The molecular weight excluding hydrogens is 238 g/mol. The Balaban J connectivity index is 3.63. The average molecular weight is 273 g/mol. The number of hydrogen-bond acceptors (Lipinski definition) is 3. The number of rotatable bonds is 15. The Hall–Kier alpha value is -0.120. The first kappa shape index (κ1) is 18.9. The van der Waals surface area contributed by atoms with Crippen LogP contribution >= 0.6 is 0 Å². The summed E-state index contributed by atoms with van der Waals surface area (Å²) >= 11 is 0. The lowest BCUT2D eigenvalue weighted by Gasteiger charge is -2.22. The minimum Gasteiger partial charge on any atom is -0.396 e. The molecule has 3 nitrogen and oxygen atoms in total. The highest BCUT2D eigenvalue weighted by atomic mass is 16.5. The van der Waals surface area contributed by atoms with Gasteiger partial charge in [-0.05, 0) is 45.7 Å². The largest absolute Gasteiger partial charge is 0.396 e. The maximum atomic E-state index is 8.80. The highest BCUT2D eigenvalue weighted by molar-refractivity contribution is 4.59. The van der Waals surface area contributed by atoms with Gasteiger partial charge in [-0.25, -0.2) is 0 Å². The second-order valence-corrected chi connectivity index (χ2v) is 5.24. The molecular formula is C16H35NO2. The van der Waals surface area contributed by atoms with Crippen LogP contribution in [0.2, 0.25) is 0 Å². The lowest BCUT2D eigenvalue weighted by Crippen LogP contribution is -2.30. The topological polar surface area (TPSA) is 32.7 Å². The van der Waals surface area contributed by atoms with E-state index in [1.165, 1.54) is 45.1 Å². The molecule has 0 aromatic heterocycles.